The summed E-state index contributed by atoms with van der Waals surface area (Å²) in [5.41, 5.74) is 16.6. The number of aryl methyl sites for hydroxylation is 1. The van der Waals surface area contributed by atoms with Crippen LogP contribution in [0.3, 0.4) is 0 Å². The van der Waals surface area contributed by atoms with Gasteiger partial charge in [-0.15, -0.1) is 0 Å². The van der Waals surface area contributed by atoms with Gasteiger partial charge in [-0.1, -0.05) is 18.2 Å². The molecule has 0 spiro atoms. The van der Waals surface area contributed by atoms with E-state index in [2.05, 4.69) is 47.3 Å². The van der Waals surface area contributed by atoms with Gasteiger partial charge in [-0.05, 0) is 43.4 Å². The van der Waals surface area contributed by atoms with Crippen molar-refractivity contribution in [2.45, 2.75) is 45.2 Å². The maximum absolute atomic E-state index is 5.86. The van der Waals surface area contributed by atoms with Crippen molar-refractivity contribution in [1.29, 1.82) is 0 Å². The van der Waals surface area contributed by atoms with Crippen LogP contribution in [0.5, 0.6) is 0 Å². The number of hydrogen-bond donors (Lipinski definition) is 3. The summed E-state index contributed by atoms with van der Waals surface area (Å²) in [5.74, 6) is 1.52. The summed E-state index contributed by atoms with van der Waals surface area (Å²) in [4.78, 5) is 8.63. The summed E-state index contributed by atoms with van der Waals surface area (Å²) in [6.07, 6.45) is 1.96. The Hall–Kier alpha value is -2.14. The van der Waals surface area contributed by atoms with Crippen LogP contribution in [0.1, 0.15) is 41.1 Å². The molecule has 1 aliphatic carbocycles. The van der Waals surface area contributed by atoms with E-state index in [1.807, 2.05) is 6.07 Å². The van der Waals surface area contributed by atoms with Gasteiger partial charge in [0.15, 0.2) is 0 Å². The number of benzene rings is 1. The third-order valence-corrected chi connectivity index (χ3v) is 4.53. The van der Waals surface area contributed by atoms with Crippen LogP contribution in [0, 0.1) is 13.8 Å². The topological polar surface area (TPSA) is 89.8 Å². The van der Waals surface area contributed by atoms with Crippen molar-refractivity contribution in [2.24, 2.45) is 5.73 Å². The Balaban J connectivity index is 1.73. The zero-order chi connectivity index (χ0) is 15.7. The molecule has 1 aromatic heterocycles. The third-order valence-electron chi connectivity index (χ3n) is 4.53. The maximum atomic E-state index is 5.86. The molecule has 1 aromatic carbocycles. The molecular formula is C17H23N5. The molecule has 0 aliphatic heterocycles. The Morgan fingerprint density at radius 3 is 2.73 bits per heavy atom. The molecule has 5 N–H and O–H groups in total. The number of nitrogens with one attached hydrogen (secondary N) is 1. The minimum absolute atomic E-state index is 0.299. The molecule has 2 aromatic rings. The van der Waals surface area contributed by atoms with Crippen molar-refractivity contribution < 1.29 is 0 Å². The van der Waals surface area contributed by atoms with E-state index in [1.165, 1.54) is 16.7 Å². The zero-order valence-electron chi connectivity index (χ0n) is 13.1. The molecule has 5 heteroatoms. The summed E-state index contributed by atoms with van der Waals surface area (Å²) in [7, 11) is 0. The second-order valence-electron chi connectivity index (χ2n) is 6.18. The van der Waals surface area contributed by atoms with E-state index in [1.54, 1.807) is 0 Å². The number of hydrogen-bond acceptors (Lipinski definition) is 5. The van der Waals surface area contributed by atoms with Gasteiger partial charge in [-0.2, -0.15) is 4.98 Å². The van der Waals surface area contributed by atoms with Crippen LogP contribution < -0.4 is 16.8 Å². The average molecular weight is 297 g/mol. The number of anilines is 2. The van der Waals surface area contributed by atoms with Crippen molar-refractivity contribution >= 4 is 11.8 Å². The van der Waals surface area contributed by atoms with Gasteiger partial charge in [-0.25, -0.2) is 4.98 Å². The Labute approximate surface area is 131 Å². The number of nitrogens with two attached hydrogens (primary N) is 2. The molecule has 0 radical (unpaired) electrons. The lowest BCUT2D eigenvalue weighted by molar-refractivity contribution is 0.345. The minimum atomic E-state index is 0.299. The molecule has 1 saturated carbocycles. The normalized spacial score (nSPS) is 20.5. The fourth-order valence-electron chi connectivity index (χ4n) is 2.88. The molecule has 22 heavy (non-hydrogen) atoms. The average Bonchev–Trinajstić information content (AvgIpc) is 2.45. The molecule has 5 nitrogen and oxygen atoms in total. The van der Waals surface area contributed by atoms with Crippen LogP contribution in [0.25, 0.3) is 0 Å². The lowest BCUT2D eigenvalue weighted by Crippen LogP contribution is -2.35. The van der Waals surface area contributed by atoms with E-state index in [-0.39, 0.29) is 0 Å². The van der Waals surface area contributed by atoms with Crippen LogP contribution in [0.15, 0.2) is 24.3 Å². The largest absolute Gasteiger partial charge is 0.368 e. The third kappa shape index (κ3) is 3.04. The van der Waals surface area contributed by atoms with E-state index in [4.69, 9.17) is 11.5 Å². The van der Waals surface area contributed by atoms with Crippen molar-refractivity contribution in [2.75, 3.05) is 11.1 Å². The number of nitrogen functional groups attached to an aromatic ring is 1. The van der Waals surface area contributed by atoms with Gasteiger partial charge in [0.05, 0.1) is 5.69 Å². The highest BCUT2D eigenvalue weighted by molar-refractivity contribution is 5.44. The molecule has 1 aliphatic rings. The SMILES string of the molecule is Cc1cccc(CNc2cc(C3CC(N)C3)nc(N)n2)c1C. The van der Waals surface area contributed by atoms with Crippen LogP contribution in [-0.4, -0.2) is 16.0 Å². The maximum Gasteiger partial charge on any atom is 0.222 e. The molecule has 3 rings (SSSR count). The molecule has 0 bridgehead atoms. The highest BCUT2D eigenvalue weighted by Gasteiger charge is 2.29. The second-order valence-corrected chi connectivity index (χ2v) is 6.18. The predicted octanol–water partition coefficient (Wildman–Crippen LogP) is 2.49. The van der Waals surface area contributed by atoms with Gasteiger partial charge in [0.25, 0.3) is 0 Å². The standard InChI is InChI=1S/C17H23N5/c1-10-4-3-5-12(11(10)2)9-20-16-8-15(21-17(19)22-16)13-6-14(18)7-13/h3-5,8,13-14H,6-7,9,18H2,1-2H3,(H3,19,20,21,22). The molecule has 1 heterocycles. The smallest absolute Gasteiger partial charge is 0.222 e. The first-order valence-electron chi connectivity index (χ1n) is 7.72. The van der Waals surface area contributed by atoms with Crippen LogP contribution in [0.4, 0.5) is 11.8 Å². The lowest BCUT2D eigenvalue weighted by Gasteiger charge is -2.32. The molecule has 0 amide bonds. The van der Waals surface area contributed by atoms with E-state index < -0.39 is 0 Å². The van der Waals surface area contributed by atoms with Crippen LogP contribution in [-0.2, 0) is 6.54 Å². The fraction of sp³-hybridized carbons (Fsp3) is 0.412. The Morgan fingerprint density at radius 2 is 2.00 bits per heavy atom. The van der Waals surface area contributed by atoms with E-state index in [0.717, 1.165) is 30.9 Å². The summed E-state index contributed by atoms with van der Waals surface area (Å²) in [6.45, 7) is 4.99. The number of aromatic nitrogens is 2. The summed E-state index contributed by atoms with van der Waals surface area (Å²) >= 11 is 0. The summed E-state index contributed by atoms with van der Waals surface area (Å²) in [6, 6.07) is 8.63. The van der Waals surface area contributed by atoms with Crippen LogP contribution in [0.2, 0.25) is 0 Å². The van der Waals surface area contributed by atoms with E-state index in [0.29, 0.717) is 17.9 Å². The predicted molar refractivity (Wildman–Crippen MR) is 89.6 cm³/mol. The van der Waals surface area contributed by atoms with Crippen molar-refractivity contribution in [3.8, 4) is 0 Å². The Bertz CT molecular complexity index is 677. The van der Waals surface area contributed by atoms with Gasteiger partial charge >= 0.3 is 0 Å². The molecular weight excluding hydrogens is 274 g/mol. The first-order valence-corrected chi connectivity index (χ1v) is 7.72. The van der Waals surface area contributed by atoms with Crippen molar-refractivity contribution in [3.05, 3.63) is 46.6 Å². The molecule has 0 saturated heterocycles. The number of rotatable bonds is 4. The Morgan fingerprint density at radius 1 is 1.23 bits per heavy atom. The first kappa shape index (κ1) is 14.8. The van der Waals surface area contributed by atoms with Crippen LogP contribution >= 0.6 is 0 Å². The quantitative estimate of drug-likeness (QED) is 0.806. The van der Waals surface area contributed by atoms with Gasteiger partial charge in [0.1, 0.15) is 5.82 Å². The van der Waals surface area contributed by atoms with Crippen molar-refractivity contribution in [3.63, 3.8) is 0 Å². The lowest BCUT2D eigenvalue weighted by atomic mass is 9.78. The highest BCUT2D eigenvalue weighted by Crippen LogP contribution is 2.35. The van der Waals surface area contributed by atoms with Gasteiger partial charge < -0.3 is 16.8 Å². The van der Waals surface area contributed by atoms with Gasteiger partial charge in [0, 0.05) is 24.6 Å². The minimum Gasteiger partial charge on any atom is -0.368 e. The summed E-state index contributed by atoms with van der Waals surface area (Å²) in [5, 5.41) is 3.36. The molecule has 0 unspecified atom stereocenters. The molecule has 0 atom stereocenters. The monoisotopic (exact) mass is 297 g/mol. The fourth-order valence-corrected chi connectivity index (χ4v) is 2.88. The summed E-state index contributed by atoms with van der Waals surface area (Å²) < 4.78 is 0. The molecule has 1 fully saturated rings. The zero-order valence-corrected chi connectivity index (χ0v) is 13.1. The van der Waals surface area contributed by atoms with Gasteiger partial charge in [0.2, 0.25) is 5.95 Å². The second kappa shape index (κ2) is 5.93. The first-order chi connectivity index (χ1) is 10.5. The van der Waals surface area contributed by atoms with Gasteiger partial charge in [-0.3, -0.25) is 0 Å². The molecule has 116 valence electrons. The number of nitrogens with zero attached hydrogens (tertiary/aromatic N) is 2. The van der Waals surface area contributed by atoms with E-state index >= 15 is 0 Å². The highest BCUT2D eigenvalue weighted by atomic mass is 15.1. The van der Waals surface area contributed by atoms with Crippen molar-refractivity contribution in [1.82, 2.24) is 9.97 Å². The van der Waals surface area contributed by atoms with E-state index in [9.17, 15) is 0 Å². The Kier molecular flexibility index (Phi) is 3.98.